The first-order chi connectivity index (χ1) is 9.34. The van der Waals surface area contributed by atoms with Gasteiger partial charge in [-0.25, -0.2) is 0 Å². The van der Waals surface area contributed by atoms with E-state index < -0.39 is 0 Å². The molecule has 1 nitrogen and oxygen atoms in total. The van der Waals surface area contributed by atoms with E-state index in [9.17, 15) is 0 Å². The highest BCUT2D eigenvalue weighted by Gasteiger charge is 2.14. The average molecular weight is 267 g/mol. The molecule has 0 amide bonds. The van der Waals surface area contributed by atoms with Crippen LogP contribution in [0.2, 0.25) is 0 Å². The van der Waals surface area contributed by atoms with Crippen LogP contribution in [0.3, 0.4) is 0 Å². The van der Waals surface area contributed by atoms with E-state index in [-0.39, 0.29) is 5.92 Å². The minimum Gasteiger partial charge on any atom is -0.266 e. The smallest absolute Gasteiger partial charge is 0.0298 e. The highest BCUT2D eigenvalue weighted by molar-refractivity contribution is 5.79. The quantitative estimate of drug-likeness (QED) is 0.475. The van der Waals surface area contributed by atoms with Crippen molar-refractivity contribution in [3.8, 4) is 0 Å². The van der Waals surface area contributed by atoms with E-state index in [2.05, 4.69) is 56.3 Å². The molecule has 0 aromatic heterocycles. The van der Waals surface area contributed by atoms with Crippen molar-refractivity contribution in [1.82, 2.24) is 0 Å². The van der Waals surface area contributed by atoms with Gasteiger partial charge >= 0.3 is 0 Å². The molecule has 0 aliphatic heterocycles. The lowest BCUT2D eigenvalue weighted by atomic mass is 9.85. The highest BCUT2D eigenvalue weighted by Crippen LogP contribution is 2.32. The van der Waals surface area contributed by atoms with Crippen molar-refractivity contribution in [2.45, 2.75) is 40.5 Å². The van der Waals surface area contributed by atoms with Crippen LogP contribution in [0, 0.1) is 0 Å². The van der Waals surface area contributed by atoms with Crippen molar-refractivity contribution in [2.75, 3.05) is 0 Å². The van der Waals surface area contributed by atoms with E-state index in [0.29, 0.717) is 0 Å². The zero-order chi connectivity index (χ0) is 15.3. The molecule has 0 spiro atoms. The zero-order valence-corrected chi connectivity index (χ0v) is 13.3. The fourth-order valence-corrected chi connectivity index (χ4v) is 2.10. The SMILES string of the molecule is C=C(C)c1ccccc1C(C)C(=C)/C(C)=C\N=C(C)C. The van der Waals surface area contributed by atoms with Crippen molar-refractivity contribution in [3.05, 3.63) is 65.9 Å². The van der Waals surface area contributed by atoms with E-state index in [1.54, 1.807) is 0 Å². The fourth-order valence-electron chi connectivity index (χ4n) is 2.10. The van der Waals surface area contributed by atoms with Crippen LogP contribution in [0.4, 0.5) is 0 Å². The molecule has 1 atom stereocenters. The van der Waals surface area contributed by atoms with E-state index in [0.717, 1.165) is 22.4 Å². The van der Waals surface area contributed by atoms with Crippen LogP contribution in [-0.2, 0) is 0 Å². The fraction of sp³-hybridized carbons (Fsp3) is 0.316. The molecular formula is C19H25N. The third-order valence-corrected chi connectivity index (χ3v) is 3.43. The lowest BCUT2D eigenvalue weighted by molar-refractivity contribution is 0.900. The predicted octanol–water partition coefficient (Wildman–Crippen LogP) is 5.76. The van der Waals surface area contributed by atoms with Crippen LogP contribution in [0.15, 0.2) is 59.8 Å². The Labute approximate surface area is 123 Å². The first-order valence-electron chi connectivity index (χ1n) is 6.96. The largest absolute Gasteiger partial charge is 0.266 e. The second-order valence-corrected chi connectivity index (χ2v) is 5.50. The van der Waals surface area contributed by atoms with Crippen molar-refractivity contribution >= 4 is 11.3 Å². The molecule has 1 unspecified atom stereocenters. The van der Waals surface area contributed by atoms with Gasteiger partial charge < -0.3 is 0 Å². The Morgan fingerprint density at radius 3 is 2.25 bits per heavy atom. The van der Waals surface area contributed by atoms with Gasteiger partial charge in [-0.2, -0.15) is 0 Å². The average Bonchev–Trinajstić information content (AvgIpc) is 2.42. The van der Waals surface area contributed by atoms with Crippen LogP contribution >= 0.6 is 0 Å². The van der Waals surface area contributed by atoms with Crippen molar-refractivity contribution < 1.29 is 0 Å². The molecular weight excluding hydrogens is 242 g/mol. The summed E-state index contributed by atoms with van der Waals surface area (Å²) in [5, 5.41) is 0. The second kappa shape index (κ2) is 7.04. The molecule has 106 valence electrons. The summed E-state index contributed by atoms with van der Waals surface area (Å²) in [5.41, 5.74) is 6.84. The number of nitrogens with zero attached hydrogens (tertiary/aromatic N) is 1. The number of benzene rings is 1. The summed E-state index contributed by atoms with van der Waals surface area (Å²) in [5.74, 6) is 0.256. The molecule has 0 N–H and O–H groups in total. The summed E-state index contributed by atoms with van der Waals surface area (Å²) in [6.45, 7) is 18.6. The third kappa shape index (κ3) is 4.06. The van der Waals surface area contributed by atoms with Gasteiger partial charge in [0.25, 0.3) is 0 Å². The minimum absolute atomic E-state index is 0.256. The van der Waals surface area contributed by atoms with Gasteiger partial charge in [0, 0.05) is 17.8 Å². The Hall–Kier alpha value is -1.89. The maximum Gasteiger partial charge on any atom is 0.0298 e. The summed E-state index contributed by atoms with van der Waals surface area (Å²) in [4.78, 5) is 4.36. The molecule has 1 aromatic carbocycles. The number of allylic oxidation sites excluding steroid dienone is 3. The van der Waals surface area contributed by atoms with E-state index in [1.807, 2.05) is 27.0 Å². The summed E-state index contributed by atoms with van der Waals surface area (Å²) >= 11 is 0. The Balaban J connectivity index is 3.10. The van der Waals surface area contributed by atoms with Crippen molar-refractivity contribution in [1.29, 1.82) is 0 Å². The van der Waals surface area contributed by atoms with E-state index in [4.69, 9.17) is 0 Å². The molecule has 0 heterocycles. The minimum atomic E-state index is 0.256. The molecule has 0 bridgehead atoms. The summed E-state index contributed by atoms with van der Waals surface area (Å²) in [6, 6.07) is 8.39. The van der Waals surface area contributed by atoms with Gasteiger partial charge in [-0.1, -0.05) is 49.9 Å². The Morgan fingerprint density at radius 2 is 1.70 bits per heavy atom. The third-order valence-electron chi connectivity index (χ3n) is 3.43. The first-order valence-corrected chi connectivity index (χ1v) is 6.96. The van der Waals surface area contributed by atoms with Gasteiger partial charge in [0.15, 0.2) is 0 Å². The molecule has 0 aliphatic carbocycles. The molecule has 0 saturated heterocycles. The molecule has 20 heavy (non-hydrogen) atoms. The molecule has 0 fully saturated rings. The second-order valence-electron chi connectivity index (χ2n) is 5.50. The number of hydrogen-bond donors (Lipinski definition) is 0. The first kappa shape index (κ1) is 16.2. The number of rotatable bonds is 5. The van der Waals surface area contributed by atoms with Crippen molar-refractivity contribution in [2.24, 2.45) is 4.99 Å². The molecule has 0 aliphatic rings. The topological polar surface area (TPSA) is 12.4 Å². The number of hydrogen-bond acceptors (Lipinski definition) is 1. The van der Waals surface area contributed by atoms with Crippen LogP contribution in [0.5, 0.6) is 0 Å². The van der Waals surface area contributed by atoms with Gasteiger partial charge in [-0.15, -0.1) is 0 Å². The summed E-state index contributed by atoms with van der Waals surface area (Å²) in [7, 11) is 0. The van der Waals surface area contributed by atoms with Gasteiger partial charge in [-0.05, 0) is 50.0 Å². The van der Waals surface area contributed by atoms with Crippen LogP contribution in [-0.4, -0.2) is 5.71 Å². The van der Waals surface area contributed by atoms with Gasteiger partial charge in [0.05, 0.1) is 0 Å². The lowest BCUT2D eigenvalue weighted by Gasteiger charge is -2.19. The van der Waals surface area contributed by atoms with Crippen LogP contribution < -0.4 is 0 Å². The Morgan fingerprint density at radius 1 is 1.10 bits per heavy atom. The monoisotopic (exact) mass is 267 g/mol. The van der Waals surface area contributed by atoms with Gasteiger partial charge in [0.2, 0.25) is 0 Å². The summed E-state index contributed by atoms with van der Waals surface area (Å²) < 4.78 is 0. The van der Waals surface area contributed by atoms with Gasteiger partial charge in [-0.3, -0.25) is 4.99 Å². The lowest BCUT2D eigenvalue weighted by Crippen LogP contribution is -2.02. The van der Waals surface area contributed by atoms with E-state index >= 15 is 0 Å². The van der Waals surface area contributed by atoms with Gasteiger partial charge in [0.1, 0.15) is 0 Å². The zero-order valence-electron chi connectivity index (χ0n) is 13.3. The normalized spacial score (nSPS) is 12.8. The predicted molar refractivity (Wildman–Crippen MR) is 91.2 cm³/mol. The van der Waals surface area contributed by atoms with Crippen LogP contribution in [0.1, 0.15) is 51.7 Å². The standard InChI is InChI=1S/C19H25N/c1-13(2)18-10-8-9-11-19(18)17(7)16(6)15(5)12-20-14(3)4/h8-12,17H,1,6H2,2-5,7H3/b15-12-. The molecule has 1 aromatic rings. The molecule has 1 heteroatoms. The molecule has 0 saturated carbocycles. The maximum atomic E-state index is 4.36. The summed E-state index contributed by atoms with van der Waals surface area (Å²) in [6.07, 6.45) is 1.90. The van der Waals surface area contributed by atoms with Crippen molar-refractivity contribution in [3.63, 3.8) is 0 Å². The van der Waals surface area contributed by atoms with Crippen LogP contribution in [0.25, 0.3) is 5.57 Å². The Bertz CT molecular complexity index is 569. The highest BCUT2D eigenvalue weighted by atomic mass is 14.7. The van der Waals surface area contributed by atoms with E-state index in [1.165, 1.54) is 11.1 Å². The maximum absolute atomic E-state index is 4.36. The number of aliphatic imine (C=N–C) groups is 1. The Kier molecular flexibility index (Phi) is 5.69. The molecule has 0 radical (unpaired) electrons. The molecule has 1 rings (SSSR count).